The number of thioether (sulfide) groups is 1. The molecule has 0 aromatic carbocycles. The summed E-state index contributed by atoms with van der Waals surface area (Å²) < 4.78 is 58.4. The van der Waals surface area contributed by atoms with Crippen LogP contribution in [0.5, 0.6) is 0 Å². The van der Waals surface area contributed by atoms with Gasteiger partial charge in [-0.1, -0.05) is 222 Å². The van der Waals surface area contributed by atoms with Gasteiger partial charge >= 0.3 is 17.9 Å². The maximum Gasteiger partial charge on any atom is 0.311 e. The van der Waals surface area contributed by atoms with Gasteiger partial charge < -0.3 is 72.7 Å². The van der Waals surface area contributed by atoms with Crippen molar-refractivity contribution in [2.75, 3.05) is 97.6 Å². The molecule has 0 unspecified atom stereocenters. The molecule has 20 heteroatoms. The van der Waals surface area contributed by atoms with E-state index in [1.165, 1.54) is 121 Å². The Balaban J connectivity index is -0.000000146. The highest BCUT2D eigenvalue weighted by Gasteiger charge is 2.24. The van der Waals surface area contributed by atoms with Gasteiger partial charge in [-0.3, -0.25) is 19.2 Å². The lowest BCUT2D eigenvalue weighted by atomic mass is 9.90. The van der Waals surface area contributed by atoms with Gasteiger partial charge in [0.2, 0.25) is 12.2 Å². The van der Waals surface area contributed by atoms with Crippen molar-refractivity contribution < 1.29 is 76.4 Å². The molecule has 0 aliphatic heterocycles. The Morgan fingerprint density at radius 1 is 0.321 bits per heavy atom. The van der Waals surface area contributed by atoms with Crippen LogP contribution in [0.25, 0.3) is 0 Å². The fraction of sp³-hybridized carbons (Fsp3) is 0.967. The largest absolute Gasteiger partial charge is 0.463 e. The molecule has 0 aliphatic carbocycles. The lowest BCUT2D eigenvalue weighted by Crippen LogP contribution is -2.36. The second kappa shape index (κ2) is 82.6. The number of esters is 3. The Morgan fingerprint density at radius 3 is 0.871 bits per heavy atom. The number of carbonyl (C=O) groups excluding carboxylic acids is 4. The smallest absolute Gasteiger partial charge is 0.311 e. The molecule has 0 radical (unpaired) electrons. The van der Waals surface area contributed by atoms with Gasteiger partial charge in [0.05, 0.1) is 90.2 Å². The van der Waals surface area contributed by atoms with E-state index in [-0.39, 0.29) is 86.3 Å². The number of aliphatic hydroxyl groups excluding tert-OH is 1. The highest BCUT2D eigenvalue weighted by Crippen LogP contribution is 2.28. The lowest BCUT2D eigenvalue weighted by molar-refractivity contribution is -0.189. The number of hydrogen-bond donors (Lipinski definition) is 3. The molecule has 0 saturated carbocycles. The average molecular weight is 2030 g/mol. The number of nitrogens with zero attached hydrogens (tertiary/aromatic N) is 1. The minimum atomic E-state index is -0.806. The summed E-state index contributed by atoms with van der Waals surface area (Å²) in [5, 5.41) is 15.9. The molecule has 3 N–H and O–H groups in total. The first-order chi connectivity index (χ1) is 62.1. The number of rotatable bonds is 44. The van der Waals surface area contributed by atoms with E-state index in [2.05, 4.69) is 235 Å². The molecular weight excluding hydrogens is 1770 g/mol. The van der Waals surface area contributed by atoms with Gasteiger partial charge in [0.15, 0.2) is 0 Å². The Labute approximate surface area is 881 Å². The van der Waals surface area contributed by atoms with Crippen molar-refractivity contribution in [3.63, 3.8) is 0 Å². The van der Waals surface area contributed by atoms with Gasteiger partial charge in [-0.15, -0.1) is 0 Å². The summed E-state index contributed by atoms with van der Waals surface area (Å²) >= 11 is 2.13. The summed E-state index contributed by atoms with van der Waals surface area (Å²) in [7, 11) is 2.26. The third kappa shape index (κ3) is 184. The first kappa shape index (κ1) is 160. The predicted octanol–water partition coefficient (Wildman–Crippen LogP) is 33.1. The van der Waals surface area contributed by atoms with Gasteiger partial charge in [-0.05, 0) is 378 Å². The summed E-state index contributed by atoms with van der Waals surface area (Å²) in [5.41, 5.74) is 2.82. The SMILES string of the molecule is CC(C)(C)CCCNC(C)(C)C.CC(C)(C)CCCOCCCC(C)(C)C.CC(C)(C)CCCSCCCC(C)(C)C.CC(C)(C)OCC(O)COC(C)(C)C.CC(C)(C)OCCCNC(=O)C(C)(C)C.CC(C)(C)OCCOC(C)(C)C.CC(C)CC(=O)OC(C)C.CC(C)CCOC(C)(C)C.CC(C)OC(C)C.CC(OC(=O)C(C)C)OC(=O)C(C)C.CN(CCCC(C)(C)C)CCCC(C)(C)C. The van der Waals surface area contributed by atoms with E-state index in [9.17, 15) is 24.3 Å². The second-order valence-corrected chi connectivity index (χ2v) is 58.1. The number of hydrogen-bond acceptors (Lipinski definition) is 19. The van der Waals surface area contributed by atoms with Gasteiger partial charge in [0.25, 0.3) is 0 Å². The molecule has 19 nitrogen and oxygen atoms in total. The molecule has 0 bridgehead atoms. The van der Waals surface area contributed by atoms with Crippen molar-refractivity contribution in [1.29, 1.82) is 0 Å². The third-order valence-electron chi connectivity index (χ3n) is 18.2. The van der Waals surface area contributed by atoms with Crippen LogP contribution in [0.1, 0.15) is 525 Å². The highest BCUT2D eigenvalue weighted by molar-refractivity contribution is 7.99. The van der Waals surface area contributed by atoms with Gasteiger partial charge in [-0.2, -0.15) is 11.8 Å². The minimum absolute atomic E-state index is 0.0197. The Kier molecular flexibility index (Phi) is 94.6. The molecule has 0 rings (SSSR count). The van der Waals surface area contributed by atoms with E-state index in [1.807, 2.05) is 180 Å². The summed E-state index contributed by atoms with van der Waals surface area (Å²) in [4.78, 5) is 47.0. The van der Waals surface area contributed by atoms with Gasteiger partial charge in [-0.25, -0.2) is 0 Å². The number of amides is 1. The standard InChI is InChI=1S/C15H33N.C14H30O.C14H30S.C12H25NO2.C11H25N.C11H24O3.C10H18O4.C10H22O2.C9H20O.C8H16O2.C6H14O/c1-14(2,3)10-8-12-16(7)13-9-11-15(4,5)6;2*1-13(2,3)9-7-11-15-12-8-10-14(4,5)6;1-11(2,3)10(14)13-8-7-9-15-12(4,5)6;1-10(2,3)8-7-9-12-11(4,5)6;1-10(2,3)13-7-9(12)8-14-11(4,5)6;1-6(2)9(11)13-8(5)14-10(12)7(3)4;1-9(2,3)11-7-8-12-10(4,5)6;1-8(2)6-7-10-9(3,4)5;1-6(2)5-8(9)10-7(3)4;1-5(2)7-6(3)4/h8-13H2,1-7H3;2*7-12H2,1-6H3;7-9H2,1-6H3,(H,13,14);12H,7-9H2,1-6H3;9,12H,7-8H2,1-6H3;6-8H,1-5H3;7-8H2,1-6H3;8H,6-7H2,1-5H3;6-7H,5H2,1-4H3;5-6H,1-4H3. The fourth-order valence-corrected chi connectivity index (χ4v) is 11.6. The lowest BCUT2D eigenvalue weighted by Gasteiger charge is -2.25. The van der Waals surface area contributed by atoms with Crippen LogP contribution in [0.2, 0.25) is 0 Å². The number of aliphatic hydroxyl groups is 1. The summed E-state index contributed by atoms with van der Waals surface area (Å²) in [6, 6.07) is 0. The molecule has 0 aromatic heterocycles. The molecular formula is C120H257N3O16S. The highest BCUT2D eigenvalue weighted by atomic mass is 32.2. The molecule has 1 amide bonds. The molecule has 0 aliphatic rings. The second-order valence-electron chi connectivity index (χ2n) is 56.9. The first-order valence-corrected chi connectivity index (χ1v) is 55.9. The van der Waals surface area contributed by atoms with Crippen molar-refractivity contribution in [1.82, 2.24) is 15.5 Å². The molecule has 0 atom stereocenters. The van der Waals surface area contributed by atoms with Crippen LogP contribution in [-0.4, -0.2) is 201 Å². The van der Waals surface area contributed by atoms with E-state index in [4.69, 9.17) is 52.1 Å². The van der Waals surface area contributed by atoms with Crippen molar-refractivity contribution in [2.24, 2.45) is 67.0 Å². The first-order valence-electron chi connectivity index (χ1n) is 54.7. The Morgan fingerprint density at radius 2 is 0.614 bits per heavy atom. The summed E-state index contributed by atoms with van der Waals surface area (Å²) in [6.45, 7) is 136. The van der Waals surface area contributed by atoms with Crippen molar-refractivity contribution in [3.8, 4) is 0 Å². The maximum atomic E-state index is 11.5. The van der Waals surface area contributed by atoms with E-state index in [0.29, 0.717) is 102 Å². The molecule has 854 valence electrons. The molecule has 0 aromatic rings. The molecule has 0 heterocycles. The van der Waals surface area contributed by atoms with Crippen LogP contribution >= 0.6 is 11.8 Å². The predicted molar refractivity (Wildman–Crippen MR) is 614 cm³/mol. The van der Waals surface area contributed by atoms with E-state index in [0.717, 1.165) is 45.1 Å². The van der Waals surface area contributed by atoms with Crippen LogP contribution in [0.3, 0.4) is 0 Å². The third-order valence-corrected chi connectivity index (χ3v) is 19.3. The van der Waals surface area contributed by atoms with Crippen LogP contribution in [0, 0.1) is 67.0 Å². The summed E-state index contributed by atoms with van der Waals surface area (Å²) in [5.74, 6) is 2.69. The maximum absolute atomic E-state index is 11.5. The van der Waals surface area contributed by atoms with Crippen LogP contribution in [0.15, 0.2) is 0 Å². The Bertz CT molecular complexity index is 2570. The fourth-order valence-electron chi connectivity index (χ4n) is 10.7. The zero-order valence-corrected chi connectivity index (χ0v) is 107. The van der Waals surface area contributed by atoms with E-state index >= 15 is 0 Å². The van der Waals surface area contributed by atoms with Gasteiger partial charge in [0.1, 0.15) is 6.10 Å². The van der Waals surface area contributed by atoms with Crippen molar-refractivity contribution in [2.45, 2.75) is 594 Å². The van der Waals surface area contributed by atoms with Crippen molar-refractivity contribution in [3.05, 3.63) is 0 Å². The van der Waals surface area contributed by atoms with Crippen LogP contribution in [0.4, 0.5) is 0 Å². The average Bonchev–Trinajstić information content (AvgIpc) is 0.942. The minimum Gasteiger partial charge on any atom is -0.463 e. The zero-order chi connectivity index (χ0) is 113. The number of carbonyl (C=O) groups is 4. The quantitative estimate of drug-likeness (QED) is 0.0293. The van der Waals surface area contributed by atoms with E-state index < -0.39 is 12.4 Å². The molecule has 140 heavy (non-hydrogen) atoms. The molecule has 0 saturated heterocycles. The monoisotopic (exact) mass is 2030 g/mol. The van der Waals surface area contributed by atoms with Crippen molar-refractivity contribution >= 4 is 35.6 Å². The van der Waals surface area contributed by atoms with Crippen LogP contribution < -0.4 is 10.6 Å². The normalized spacial score (nSPS) is 12.7. The number of nitrogens with one attached hydrogen (secondary N) is 2. The zero-order valence-electron chi connectivity index (χ0n) is 106. The topological polar surface area (TPSA) is 217 Å². The number of ether oxygens (including phenoxy) is 11. The van der Waals surface area contributed by atoms with Gasteiger partial charge in [0, 0.05) is 57.3 Å². The van der Waals surface area contributed by atoms with Crippen LogP contribution in [-0.2, 0) is 71.3 Å². The Hall–Kier alpha value is -2.21. The molecule has 0 spiro atoms. The van der Waals surface area contributed by atoms with E-state index in [1.54, 1.807) is 27.7 Å². The molecule has 0 fully saturated rings. The summed E-state index contributed by atoms with van der Waals surface area (Å²) in [6.07, 6.45) is 20.2.